The van der Waals surface area contributed by atoms with Gasteiger partial charge in [0, 0.05) is 6.07 Å². The van der Waals surface area contributed by atoms with E-state index in [4.69, 9.17) is 9.47 Å². The second-order valence-electron chi connectivity index (χ2n) is 3.39. The zero-order valence-electron chi connectivity index (χ0n) is 9.47. The minimum atomic E-state index is -0.522. The fourth-order valence-corrected chi connectivity index (χ4v) is 1.17. The molecule has 0 radical (unpaired) electrons. The lowest BCUT2D eigenvalue weighted by molar-refractivity contribution is 0.101. The number of rotatable bonds is 6. The summed E-state index contributed by atoms with van der Waals surface area (Å²) in [6.45, 7) is 2.03. The van der Waals surface area contributed by atoms with Gasteiger partial charge in [-0.15, -0.1) is 0 Å². The van der Waals surface area contributed by atoms with Gasteiger partial charge in [0.1, 0.15) is 18.1 Å². The molecular weight excluding hydrogens is 208 g/mol. The molecule has 88 valence electrons. The third-order valence-corrected chi connectivity index (χ3v) is 2.25. The van der Waals surface area contributed by atoms with Crippen molar-refractivity contribution in [3.63, 3.8) is 0 Å². The van der Waals surface area contributed by atoms with Gasteiger partial charge in [0.25, 0.3) is 0 Å². The summed E-state index contributed by atoms with van der Waals surface area (Å²) < 4.78 is 10.4. The Morgan fingerprint density at radius 1 is 1.50 bits per heavy atom. The monoisotopic (exact) mass is 224 g/mol. The molecule has 0 spiro atoms. The standard InChI is InChI=1S/C12H16O4/c1-3-10(14)8-16-12-6-11(15-2)5-4-9(12)7-13/h4-7,10,14H,3,8H2,1-2H3. The van der Waals surface area contributed by atoms with Crippen LogP contribution in [0.15, 0.2) is 18.2 Å². The summed E-state index contributed by atoms with van der Waals surface area (Å²) in [5.74, 6) is 1.05. The van der Waals surface area contributed by atoms with Gasteiger partial charge in [-0.05, 0) is 18.6 Å². The Bertz CT molecular complexity index is 349. The molecule has 0 heterocycles. The molecule has 0 aliphatic heterocycles. The summed E-state index contributed by atoms with van der Waals surface area (Å²) in [6.07, 6.45) is 0.804. The first kappa shape index (κ1) is 12.5. The molecule has 1 atom stereocenters. The molecule has 1 rings (SSSR count). The summed E-state index contributed by atoms with van der Waals surface area (Å²) in [4.78, 5) is 10.8. The Hall–Kier alpha value is -1.55. The average Bonchev–Trinajstić information content (AvgIpc) is 2.35. The molecule has 1 unspecified atom stereocenters. The molecule has 1 aromatic rings. The number of benzene rings is 1. The van der Waals surface area contributed by atoms with Crippen molar-refractivity contribution >= 4 is 6.29 Å². The summed E-state index contributed by atoms with van der Waals surface area (Å²) in [5, 5.41) is 9.36. The number of ether oxygens (including phenoxy) is 2. The third kappa shape index (κ3) is 3.24. The highest BCUT2D eigenvalue weighted by molar-refractivity contribution is 5.79. The van der Waals surface area contributed by atoms with Gasteiger partial charge in [0.05, 0.1) is 18.8 Å². The highest BCUT2D eigenvalue weighted by Crippen LogP contribution is 2.23. The number of aldehydes is 1. The molecule has 0 bridgehead atoms. The van der Waals surface area contributed by atoms with Crippen molar-refractivity contribution in [3.05, 3.63) is 23.8 Å². The van der Waals surface area contributed by atoms with E-state index >= 15 is 0 Å². The molecule has 0 aliphatic carbocycles. The van der Waals surface area contributed by atoms with Crippen molar-refractivity contribution in [2.75, 3.05) is 13.7 Å². The largest absolute Gasteiger partial charge is 0.497 e. The molecule has 16 heavy (non-hydrogen) atoms. The summed E-state index contributed by atoms with van der Waals surface area (Å²) >= 11 is 0. The smallest absolute Gasteiger partial charge is 0.153 e. The van der Waals surface area contributed by atoms with E-state index in [0.717, 1.165) is 0 Å². The average molecular weight is 224 g/mol. The molecule has 0 aliphatic rings. The zero-order valence-corrected chi connectivity index (χ0v) is 9.47. The SMILES string of the molecule is CCC(O)COc1cc(OC)ccc1C=O. The second kappa shape index (κ2) is 6.12. The van der Waals surface area contributed by atoms with Crippen molar-refractivity contribution in [2.45, 2.75) is 19.4 Å². The second-order valence-corrected chi connectivity index (χ2v) is 3.39. The summed E-state index contributed by atoms with van der Waals surface area (Å²) in [6, 6.07) is 4.94. The van der Waals surface area contributed by atoms with E-state index in [9.17, 15) is 9.90 Å². The van der Waals surface area contributed by atoms with Gasteiger partial charge in [-0.25, -0.2) is 0 Å². The first-order valence-corrected chi connectivity index (χ1v) is 5.15. The van der Waals surface area contributed by atoms with Crippen LogP contribution < -0.4 is 9.47 Å². The molecule has 0 amide bonds. The van der Waals surface area contributed by atoms with Crippen LogP contribution in [0.5, 0.6) is 11.5 Å². The Balaban J connectivity index is 2.79. The van der Waals surface area contributed by atoms with Crippen LogP contribution >= 0.6 is 0 Å². The van der Waals surface area contributed by atoms with Gasteiger partial charge in [-0.2, -0.15) is 0 Å². The van der Waals surface area contributed by atoms with Crippen LogP contribution in [0.25, 0.3) is 0 Å². The minimum absolute atomic E-state index is 0.171. The predicted octanol–water partition coefficient (Wildman–Crippen LogP) is 1.66. The molecule has 0 fully saturated rings. The van der Waals surface area contributed by atoms with Crippen LogP contribution in [0.4, 0.5) is 0 Å². The molecule has 4 heteroatoms. The molecule has 4 nitrogen and oxygen atoms in total. The number of hydrogen-bond acceptors (Lipinski definition) is 4. The molecule has 0 saturated heterocycles. The van der Waals surface area contributed by atoms with Crippen molar-refractivity contribution in [1.82, 2.24) is 0 Å². The van der Waals surface area contributed by atoms with E-state index in [0.29, 0.717) is 29.8 Å². The van der Waals surface area contributed by atoms with Crippen LogP contribution in [0.1, 0.15) is 23.7 Å². The maximum absolute atomic E-state index is 10.8. The van der Waals surface area contributed by atoms with Crippen molar-refractivity contribution in [1.29, 1.82) is 0 Å². The predicted molar refractivity (Wildman–Crippen MR) is 60.2 cm³/mol. The van der Waals surface area contributed by atoms with E-state index in [-0.39, 0.29) is 6.61 Å². The van der Waals surface area contributed by atoms with Crippen LogP contribution in [0.2, 0.25) is 0 Å². The van der Waals surface area contributed by atoms with Crippen molar-refractivity contribution in [3.8, 4) is 11.5 Å². The number of carbonyl (C=O) groups is 1. The van der Waals surface area contributed by atoms with Crippen molar-refractivity contribution < 1.29 is 19.4 Å². The summed E-state index contributed by atoms with van der Waals surface area (Å²) in [5.41, 5.74) is 0.448. The van der Waals surface area contributed by atoms with E-state index in [1.165, 1.54) is 0 Å². The Morgan fingerprint density at radius 3 is 2.81 bits per heavy atom. The highest BCUT2D eigenvalue weighted by atomic mass is 16.5. The first-order chi connectivity index (χ1) is 7.71. The Labute approximate surface area is 94.8 Å². The first-order valence-electron chi connectivity index (χ1n) is 5.15. The lowest BCUT2D eigenvalue weighted by Gasteiger charge is -2.12. The maximum Gasteiger partial charge on any atom is 0.153 e. The molecular formula is C12H16O4. The fourth-order valence-electron chi connectivity index (χ4n) is 1.17. The lowest BCUT2D eigenvalue weighted by atomic mass is 10.2. The van der Waals surface area contributed by atoms with E-state index in [2.05, 4.69) is 0 Å². The van der Waals surface area contributed by atoms with Crippen LogP contribution in [0, 0.1) is 0 Å². The Kier molecular flexibility index (Phi) is 4.79. The fraction of sp³-hybridized carbons (Fsp3) is 0.417. The molecule has 0 saturated carbocycles. The molecule has 1 N–H and O–H groups in total. The lowest BCUT2D eigenvalue weighted by Crippen LogP contribution is -2.16. The van der Waals surface area contributed by atoms with E-state index < -0.39 is 6.10 Å². The zero-order chi connectivity index (χ0) is 12.0. The van der Waals surface area contributed by atoms with Gasteiger partial charge in [-0.3, -0.25) is 4.79 Å². The Morgan fingerprint density at radius 2 is 2.25 bits per heavy atom. The number of carbonyl (C=O) groups excluding carboxylic acids is 1. The van der Waals surface area contributed by atoms with Gasteiger partial charge in [0.15, 0.2) is 6.29 Å². The van der Waals surface area contributed by atoms with Crippen LogP contribution in [0.3, 0.4) is 0 Å². The number of hydrogen-bond donors (Lipinski definition) is 1. The number of aliphatic hydroxyl groups is 1. The third-order valence-electron chi connectivity index (χ3n) is 2.25. The van der Waals surface area contributed by atoms with Gasteiger partial charge < -0.3 is 14.6 Å². The van der Waals surface area contributed by atoms with Crippen molar-refractivity contribution in [2.24, 2.45) is 0 Å². The highest BCUT2D eigenvalue weighted by Gasteiger charge is 2.07. The number of methoxy groups -OCH3 is 1. The normalized spacial score (nSPS) is 11.9. The van der Waals surface area contributed by atoms with Crippen LogP contribution in [-0.2, 0) is 0 Å². The quantitative estimate of drug-likeness (QED) is 0.746. The number of aliphatic hydroxyl groups excluding tert-OH is 1. The topological polar surface area (TPSA) is 55.8 Å². The summed E-state index contributed by atoms with van der Waals surface area (Å²) in [7, 11) is 1.54. The van der Waals surface area contributed by atoms with Gasteiger partial charge in [-0.1, -0.05) is 6.92 Å². The van der Waals surface area contributed by atoms with Gasteiger partial charge >= 0.3 is 0 Å². The van der Waals surface area contributed by atoms with E-state index in [1.54, 1.807) is 25.3 Å². The van der Waals surface area contributed by atoms with E-state index in [1.807, 2.05) is 6.92 Å². The van der Waals surface area contributed by atoms with Crippen LogP contribution in [-0.4, -0.2) is 31.2 Å². The maximum atomic E-state index is 10.8. The molecule has 1 aromatic carbocycles. The molecule has 0 aromatic heterocycles. The van der Waals surface area contributed by atoms with Gasteiger partial charge in [0.2, 0.25) is 0 Å². The minimum Gasteiger partial charge on any atom is -0.497 e.